The topological polar surface area (TPSA) is 66.4 Å². The molecule has 0 aromatic carbocycles. The van der Waals surface area contributed by atoms with Gasteiger partial charge in [0.05, 0.1) is 5.92 Å². The van der Waals surface area contributed by atoms with Crippen LogP contribution in [0, 0.1) is 11.8 Å². The lowest BCUT2D eigenvalue weighted by Crippen LogP contribution is -2.36. The Morgan fingerprint density at radius 3 is 2.23 bits per heavy atom. The molecule has 2 N–H and O–H groups in total. The Kier molecular flexibility index (Phi) is 2.90. The van der Waals surface area contributed by atoms with Crippen molar-refractivity contribution < 1.29 is 14.7 Å². The van der Waals surface area contributed by atoms with Gasteiger partial charge in [0.1, 0.15) is 0 Å². The molecular weight excluding hydrogens is 170 g/mol. The second-order valence-electron chi connectivity index (χ2n) is 3.70. The number of hydrogen-bond donors (Lipinski definition) is 2. The van der Waals surface area contributed by atoms with Gasteiger partial charge in [-0.05, 0) is 12.8 Å². The third-order valence-electron chi connectivity index (χ3n) is 2.48. The van der Waals surface area contributed by atoms with E-state index in [9.17, 15) is 9.59 Å². The van der Waals surface area contributed by atoms with Crippen LogP contribution in [0.2, 0.25) is 0 Å². The average Bonchev–Trinajstić information content (AvgIpc) is 2.85. The van der Waals surface area contributed by atoms with Crippen molar-refractivity contribution in [2.24, 2.45) is 11.8 Å². The molecule has 0 saturated heterocycles. The standard InChI is InChI=1S/C9H15NO3/c1-5(6(2)9(12)13)8(11)10-7-3-4-7/h5-7H,3-4H2,1-2H3,(H,10,11)(H,12,13). The normalized spacial score (nSPS) is 20.5. The molecule has 0 radical (unpaired) electrons. The van der Waals surface area contributed by atoms with Crippen molar-refractivity contribution in [3.63, 3.8) is 0 Å². The predicted molar refractivity (Wildman–Crippen MR) is 47.1 cm³/mol. The van der Waals surface area contributed by atoms with Gasteiger partial charge in [-0.15, -0.1) is 0 Å². The molecule has 1 fully saturated rings. The molecule has 0 bridgehead atoms. The number of nitrogens with one attached hydrogen (secondary N) is 1. The van der Waals surface area contributed by atoms with E-state index in [2.05, 4.69) is 5.32 Å². The summed E-state index contributed by atoms with van der Waals surface area (Å²) in [5, 5.41) is 11.5. The highest BCUT2D eigenvalue weighted by Crippen LogP contribution is 2.20. The van der Waals surface area contributed by atoms with Crippen molar-refractivity contribution in [1.29, 1.82) is 0 Å². The number of carboxylic acids is 1. The van der Waals surface area contributed by atoms with Gasteiger partial charge >= 0.3 is 5.97 Å². The number of carbonyl (C=O) groups is 2. The molecule has 4 heteroatoms. The fourth-order valence-electron chi connectivity index (χ4n) is 1.00. The van der Waals surface area contributed by atoms with E-state index < -0.39 is 17.8 Å². The van der Waals surface area contributed by atoms with E-state index in [1.165, 1.54) is 0 Å². The molecule has 1 aliphatic carbocycles. The van der Waals surface area contributed by atoms with Crippen molar-refractivity contribution in [1.82, 2.24) is 5.32 Å². The SMILES string of the molecule is CC(C(=O)O)C(C)C(=O)NC1CC1. The lowest BCUT2D eigenvalue weighted by atomic mass is 9.95. The van der Waals surface area contributed by atoms with Gasteiger partial charge in [0.15, 0.2) is 0 Å². The van der Waals surface area contributed by atoms with Crippen molar-refractivity contribution in [3.05, 3.63) is 0 Å². The minimum Gasteiger partial charge on any atom is -0.481 e. The first-order valence-electron chi connectivity index (χ1n) is 4.55. The fourth-order valence-corrected chi connectivity index (χ4v) is 1.00. The van der Waals surface area contributed by atoms with Crippen molar-refractivity contribution in [2.75, 3.05) is 0 Å². The molecule has 74 valence electrons. The number of rotatable bonds is 4. The third-order valence-corrected chi connectivity index (χ3v) is 2.48. The zero-order chi connectivity index (χ0) is 10.0. The van der Waals surface area contributed by atoms with E-state index in [0.29, 0.717) is 6.04 Å². The Bertz CT molecular complexity index is 223. The van der Waals surface area contributed by atoms with E-state index in [1.54, 1.807) is 13.8 Å². The third kappa shape index (κ3) is 2.72. The van der Waals surface area contributed by atoms with Crippen molar-refractivity contribution in [3.8, 4) is 0 Å². The molecule has 1 saturated carbocycles. The molecule has 0 aliphatic heterocycles. The second kappa shape index (κ2) is 3.77. The molecule has 0 aromatic heterocycles. The van der Waals surface area contributed by atoms with Gasteiger partial charge in [-0.25, -0.2) is 0 Å². The van der Waals surface area contributed by atoms with Crippen LogP contribution < -0.4 is 5.32 Å². The molecule has 0 spiro atoms. The van der Waals surface area contributed by atoms with Crippen LogP contribution in [0.3, 0.4) is 0 Å². The predicted octanol–water partition coefficient (Wildman–Crippen LogP) is 0.622. The molecule has 1 rings (SSSR count). The van der Waals surface area contributed by atoms with Gasteiger partial charge in [0.25, 0.3) is 0 Å². The van der Waals surface area contributed by atoms with Crippen LogP contribution in [0.5, 0.6) is 0 Å². The summed E-state index contributed by atoms with van der Waals surface area (Å²) in [6, 6.07) is 0.302. The van der Waals surface area contributed by atoms with E-state index in [4.69, 9.17) is 5.11 Å². The first kappa shape index (κ1) is 10.0. The lowest BCUT2D eigenvalue weighted by molar-refractivity contribution is -0.146. The number of hydrogen-bond acceptors (Lipinski definition) is 2. The Hall–Kier alpha value is -1.06. The quantitative estimate of drug-likeness (QED) is 0.674. The van der Waals surface area contributed by atoms with Gasteiger partial charge in [-0.2, -0.15) is 0 Å². The number of amides is 1. The van der Waals surface area contributed by atoms with Crippen LogP contribution in [0.15, 0.2) is 0 Å². The second-order valence-corrected chi connectivity index (χ2v) is 3.70. The molecule has 1 amide bonds. The molecule has 4 nitrogen and oxygen atoms in total. The Morgan fingerprint density at radius 1 is 1.31 bits per heavy atom. The van der Waals surface area contributed by atoms with Gasteiger partial charge in [-0.3, -0.25) is 9.59 Å². The lowest BCUT2D eigenvalue weighted by Gasteiger charge is -2.15. The van der Waals surface area contributed by atoms with Gasteiger partial charge in [0.2, 0.25) is 5.91 Å². The minimum atomic E-state index is -0.918. The van der Waals surface area contributed by atoms with Crippen LogP contribution in [0.4, 0.5) is 0 Å². The summed E-state index contributed by atoms with van der Waals surface area (Å²) in [7, 11) is 0. The first-order valence-corrected chi connectivity index (χ1v) is 4.55. The summed E-state index contributed by atoms with van der Waals surface area (Å²) in [4.78, 5) is 21.9. The Balaban J connectivity index is 2.39. The largest absolute Gasteiger partial charge is 0.481 e. The smallest absolute Gasteiger partial charge is 0.307 e. The number of carboxylic acid groups (broad SMARTS) is 1. The number of aliphatic carboxylic acids is 1. The summed E-state index contributed by atoms with van der Waals surface area (Å²) in [5.41, 5.74) is 0. The van der Waals surface area contributed by atoms with Crippen molar-refractivity contribution >= 4 is 11.9 Å². The Morgan fingerprint density at radius 2 is 1.85 bits per heavy atom. The Labute approximate surface area is 77.3 Å². The van der Waals surface area contributed by atoms with Crippen LogP contribution in [-0.4, -0.2) is 23.0 Å². The monoisotopic (exact) mass is 185 g/mol. The fraction of sp³-hybridized carbons (Fsp3) is 0.778. The number of carbonyl (C=O) groups excluding carboxylic acids is 1. The summed E-state index contributed by atoms with van der Waals surface area (Å²) in [6.07, 6.45) is 2.06. The van der Waals surface area contributed by atoms with Crippen molar-refractivity contribution in [2.45, 2.75) is 32.7 Å². The van der Waals surface area contributed by atoms with E-state index in [1.807, 2.05) is 0 Å². The van der Waals surface area contributed by atoms with Gasteiger partial charge < -0.3 is 10.4 Å². The van der Waals surface area contributed by atoms with E-state index in [0.717, 1.165) is 12.8 Å². The maximum atomic E-state index is 11.4. The van der Waals surface area contributed by atoms with E-state index in [-0.39, 0.29) is 5.91 Å². The maximum absolute atomic E-state index is 11.4. The molecule has 0 heterocycles. The van der Waals surface area contributed by atoms with E-state index >= 15 is 0 Å². The summed E-state index contributed by atoms with van der Waals surface area (Å²) in [5.74, 6) is -2.12. The van der Waals surface area contributed by atoms with Gasteiger partial charge in [0, 0.05) is 12.0 Å². The highest BCUT2D eigenvalue weighted by Gasteiger charge is 2.30. The van der Waals surface area contributed by atoms with Crippen LogP contribution in [0.1, 0.15) is 26.7 Å². The zero-order valence-electron chi connectivity index (χ0n) is 7.91. The summed E-state index contributed by atoms with van der Waals surface area (Å²) in [6.45, 7) is 3.20. The molecule has 13 heavy (non-hydrogen) atoms. The first-order chi connectivity index (χ1) is 6.02. The van der Waals surface area contributed by atoms with Crippen LogP contribution in [0.25, 0.3) is 0 Å². The van der Waals surface area contributed by atoms with Gasteiger partial charge in [-0.1, -0.05) is 13.8 Å². The molecule has 2 unspecified atom stereocenters. The highest BCUT2D eigenvalue weighted by atomic mass is 16.4. The maximum Gasteiger partial charge on any atom is 0.307 e. The summed E-state index contributed by atoms with van der Waals surface area (Å²) < 4.78 is 0. The highest BCUT2D eigenvalue weighted by molar-refractivity contribution is 5.84. The molecular formula is C9H15NO3. The average molecular weight is 185 g/mol. The van der Waals surface area contributed by atoms with Crippen LogP contribution in [-0.2, 0) is 9.59 Å². The molecule has 0 aromatic rings. The molecule has 2 atom stereocenters. The van der Waals surface area contributed by atoms with Crippen LogP contribution >= 0.6 is 0 Å². The summed E-state index contributed by atoms with van der Waals surface area (Å²) >= 11 is 0. The molecule has 1 aliphatic rings. The minimum absolute atomic E-state index is 0.141. The zero-order valence-corrected chi connectivity index (χ0v) is 7.91.